The standard InChI is InChI=1S/C10H5N3O6/c11-5-7(10(14)15)3-6-1-2-8(12(16)17)9(4-6)13(18)19/h1-4H,(H,14,15). The number of benzene rings is 1. The predicted octanol–water partition coefficient (Wildman–Crippen LogP) is 1.49. The lowest BCUT2D eigenvalue weighted by Crippen LogP contribution is -1.99. The van der Waals surface area contributed by atoms with Crippen molar-refractivity contribution in [3.63, 3.8) is 0 Å². The molecule has 19 heavy (non-hydrogen) atoms. The van der Waals surface area contributed by atoms with Gasteiger partial charge in [-0.2, -0.15) is 5.26 Å². The number of carbonyl (C=O) groups is 1. The van der Waals surface area contributed by atoms with Gasteiger partial charge in [-0.25, -0.2) is 4.79 Å². The van der Waals surface area contributed by atoms with Gasteiger partial charge in [0.1, 0.15) is 11.6 Å². The van der Waals surface area contributed by atoms with Gasteiger partial charge in [-0.15, -0.1) is 0 Å². The summed E-state index contributed by atoms with van der Waals surface area (Å²) in [7, 11) is 0. The quantitative estimate of drug-likeness (QED) is 0.374. The van der Waals surface area contributed by atoms with E-state index in [1.807, 2.05) is 0 Å². The van der Waals surface area contributed by atoms with E-state index in [4.69, 9.17) is 10.4 Å². The first kappa shape index (κ1) is 13.8. The van der Waals surface area contributed by atoms with Crippen molar-refractivity contribution >= 4 is 23.4 Å². The largest absolute Gasteiger partial charge is 0.477 e. The Morgan fingerprint density at radius 2 is 1.84 bits per heavy atom. The van der Waals surface area contributed by atoms with Gasteiger partial charge in [-0.05, 0) is 17.7 Å². The van der Waals surface area contributed by atoms with E-state index in [9.17, 15) is 25.0 Å². The molecule has 0 saturated heterocycles. The number of nitro groups is 2. The molecule has 0 saturated carbocycles. The normalized spacial score (nSPS) is 10.6. The van der Waals surface area contributed by atoms with E-state index in [1.165, 1.54) is 6.07 Å². The molecule has 0 atom stereocenters. The maximum absolute atomic E-state index is 10.7. The fourth-order valence-corrected chi connectivity index (χ4v) is 1.24. The number of hydrogen-bond acceptors (Lipinski definition) is 6. The summed E-state index contributed by atoms with van der Waals surface area (Å²) in [6, 6.07) is 4.22. The molecule has 9 heteroatoms. The molecule has 1 aromatic carbocycles. The van der Waals surface area contributed by atoms with Crippen LogP contribution in [0.3, 0.4) is 0 Å². The molecule has 0 aliphatic rings. The van der Waals surface area contributed by atoms with E-state index in [-0.39, 0.29) is 5.56 Å². The summed E-state index contributed by atoms with van der Waals surface area (Å²) in [6.45, 7) is 0. The minimum absolute atomic E-state index is 0.0104. The van der Waals surface area contributed by atoms with Crippen molar-refractivity contribution in [1.29, 1.82) is 5.26 Å². The minimum atomic E-state index is -1.50. The molecular weight excluding hydrogens is 258 g/mol. The van der Waals surface area contributed by atoms with Gasteiger partial charge in [0.25, 0.3) is 0 Å². The van der Waals surface area contributed by atoms with Crippen molar-refractivity contribution in [1.82, 2.24) is 0 Å². The lowest BCUT2D eigenvalue weighted by molar-refractivity contribution is -0.422. The zero-order valence-electron chi connectivity index (χ0n) is 9.14. The summed E-state index contributed by atoms with van der Waals surface area (Å²) >= 11 is 0. The average Bonchev–Trinajstić information content (AvgIpc) is 2.34. The van der Waals surface area contributed by atoms with Gasteiger partial charge in [0.15, 0.2) is 0 Å². The van der Waals surface area contributed by atoms with Gasteiger partial charge < -0.3 is 5.11 Å². The third-order valence-electron chi connectivity index (χ3n) is 2.05. The van der Waals surface area contributed by atoms with Crippen molar-refractivity contribution in [2.24, 2.45) is 0 Å². The summed E-state index contributed by atoms with van der Waals surface area (Å²) in [6.07, 6.45) is 0.888. The van der Waals surface area contributed by atoms with Crippen LogP contribution in [0.5, 0.6) is 0 Å². The van der Waals surface area contributed by atoms with Crippen molar-refractivity contribution in [3.05, 3.63) is 49.6 Å². The first-order valence-electron chi connectivity index (χ1n) is 4.64. The summed E-state index contributed by atoms with van der Waals surface area (Å²) in [5.74, 6) is -1.50. The van der Waals surface area contributed by atoms with Crippen LogP contribution in [0.25, 0.3) is 6.08 Å². The lowest BCUT2D eigenvalue weighted by Gasteiger charge is -1.97. The predicted molar refractivity (Wildman–Crippen MR) is 61.0 cm³/mol. The Hall–Kier alpha value is -3.28. The second-order valence-corrected chi connectivity index (χ2v) is 3.24. The Labute approximate surface area is 105 Å². The van der Waals surface area contributed by atoms with Crippen LogP contribution >= 0.6 is 0 Å². The number of aliphatic carboxylic acids is 1. The Bertz CT molecular complexity index is 643. The van der Waals surface area contributed by atoms with Gasteiger partial charge in [0.2, 0.25) is 0 Å². The van der Waals surface area contributed by atoms with Gasteiger partial charge in [-0.3, -0.25) is 20.2 Å². The van der Waals surface area contributed by atoms with Crippen molar-refractivity contribution < 1.29 is 19.7 Å². The number of hydrogen-bond donors (Lipinski definition) is 1. The van der Waals surface area contributed by atoms with Crippen molar-refractivity contribution in [2.75, 3.05) is 0 Å². The van der Waals surface area contributed by atoms with Gasteiger partial charge in [-0.1, -0.05) is 0 Å². The molecule has 0 aliphatic heterocycles. The van der Waals surface area contributed by atoms with Crippen LogP contribution in [0.1, 0.15) is 5.56 Å². The Balaban J connectivity index is 3.39. The smallest absolute Gasteiger partial charge is 0.346 e. The zero-order valence-corrected chi connectivity index (χ0v) is 9.14. The topological polar surface area (TPSA) is 147 Å². The molecular formula is C10H5N3O6. The summed E-state index contributed by atoms with van der Waals surface area (Å²) < 4.78 is 0. The van der Waals surface area contributed by atoms with Crippen LogP contribution in [0.15, 0.2) is 23.8 Å². The van der Waals surface area contributed by atoms with Crippen LogP contribution in [0, 0.1) is 31.6 Å². The molecule has 0 unspecified atom stereocenters. The Morgan fingerprint density at radius 1 is 1.26 bits per heavy atom. The van der Waals surface area contributed by atoms with Gasteiger partial charge in [0, 0.05) is 12.1 Å². The highest BCUT2D eigenvalue weighted by atomic mass is 16.6. The number of nitro benzene ring substituents is 2. The molecule has 1 aromatic rings. The highest BCUT2D eigenvalue weighted by Crippen LogP contribution is 2.28. The molecule has 9 nitrogen and oxygen atoms in total. The molecule has 0 radical (unpaired) electrons. The van der Waals surface area contributed by atoms with E-state index in [1.54, 1.807) is 0 Å². The molecule has 1 rings (SSSR count). The Morgan fingerprint density at radius 3 is 2.26 bits per heavy atom. The number of nitriles is 1. The molecule has 0 amide bonds. The van der Waals surface area contributed by atoms with Gasteiger partial charge >= 0.3 is 17.3 Å². The van der Waals surface area contributed by atoms with Crippen LogP contribution < -0.4 is 0 Å². The first-order valence-corrected chi connectivity index (χ1v) is 4.64. The summed E-state index contributed by atoms with van der Waals surface area (Å²) in [4.78, 5) is 29.9. The molecule has 0 heterocycles. The van der Waals surface area contributed by atoms with E-state index >= 15 is 0 Å². The van der Waals surface area contributed by atoms with Crippen molar-refractivity contribution in [3.8, 4) is 6.07 Å². The second-order valence-electron chi connectivity index (χ2n) is 3.24. The Kier molecular flexibility index (Phi) is 3.89. The summed E-state index contributed by atoms with van der Waals surface area (Å²) in [5.41, 5.74) is -2.11. The molecule has 0 aliphatic carbocycles. The maximum Gasteiger partial charge on any atom is 0.346 e. The summed E-state index contributed by atoms with van der Waals surface area (Å²) in [5, 5.41) is 38.4. The molecule has 96 valence electrons. The van der Waals surface area contributed by atoms with Crippen LogP contribution in [-0.4, -0.2) is 20.9 Å². The van der Waals surface area contributed by atoms with E-state index in [0.717, 1.165) is 24.3 Å². The highest BCUT2D eigenvalue weighted by Gasteiger charge is 2.23. The first-order chi connectivity index (χ1) is 8.86. The highest BCUT2D eigenvalue weighted by molar-refractivity contribution is 5.96. The molecule has 1 N–H and O–H groups in total. The SMILES string of the molecule is N#CC(=Cc1ccc([N+](=O)[O-])c([N+](=O)[O-])c1)C(=O)O. The van der Waals surface area contributed by atoms with Crippen LogP contribution in [-0.2, 0) is 4.79 Å². The average molecular weight is 263 g/mol. The van der Waals surface area contributed by atoms with E-state index < -0.39 is 32.8 Å². The number of rotatable bonds is 4. The molecule has 0 spiro atoms. The third-order valence-corrected chi connectivity index (χ3v) is 2.05. The van der Waals surface area contributed by atoms with E-state index in [0.29, 0.717) is 0 Å². The van der Waals surface area contributed by atoms with Crippen LogP contribution in [0.2, 0.25) is 0 Å². The zero-order chi connectivity index (χ0) is 14.6. The second kappa shape index (κ2) is 5.37. The van der Waals surface area contributed by atoms with Crippen molar-refractivity contribution in [2.45, 2.75) is 0 Å². The number of carboxylic acids is 1. The fourth-order valence-electron chi connectivity index (χ4n) is 1.24. The van der Waals surface area contributed by atoms with Gasteiger partial charge in [0.05, 0.1) is 9.85 Å². The monoisotopic (exact) mass is 263 g/mol. The van der Waals surface area contributed by atoms with E-state index in [2.05, 4.69) is 0 Å². The third kappa shape index (κ3) is 3.10. The number of nitrogens with zero attached hydrogens (tertiary/aromatic N) is 3. The minimum Gasteiger partial charge on any atom is -0.477 e. The fraction of sp³-hybridized carbons (Fsp3) is 0. The molecule has 0 aromatic heterocycles. The van der Waals surface area contributed by atoms with Crippen LogP contribution in [0.4, 0.5) is 11.4 Å². The lowest BCUT2D eigenvalue weighted by atomic mass is 10.1. The molecule has 0 bridgehead atoms. The maximum atomic E-state index is 10.7. The number of carboxylic acid groups (broad SMARTS) is 1. The molecule has 0 fully saturated rings.